The predicted molar refractivity (Wildman–Crippen MR) is 48.6 cm³/mol. The Morgan fingerprint density at radius 1 is 1.17 bits per heavy atom. The minimum Gasteiger partial charge on any atom is -0.374 e. The van der Waals surface area contributed by atoms with Crippen LogP contribution >= 0.6 is 0 Å². The summed E-state index contributed by atoms with van der Waals surface area (Å²) in [4.78, 5) is 0. The van der Waals surface area contributed by atoms with Gasteiger partial charge in [0.25, 0.3) is 0 Å². The fraction of sp³-hybridized carbons (Fsp3) is 0.500. The summed E-state index contributed by atoms with van der Waals surface area (Å²) in [6.45, 7) is 0. The monoisotopic (exact) mass is 186 g/mol. The highest BCUT2D eigenvalue weighted by molar-refractivity contribution is 6.68. The minimum atomic E-state index is -2.49. The molecular formula is C8H14O3Si. The molecule has 0 saturated carbocycles. The van der Waals surface area contributed by atoms with Crippen LogP contribution in [-0.4, -0.2) is 30.1 Å². The van der Waals surface area contributed by atoms with Crippen LogP contribution in [0, 0.1) is 0 Å². The van der Waals surface area contributed by atoms with E-state index in [0.29, 0.717) is 0 Å². The molecule has 0 bridgehead atoms. The van der Waals surface area contributed by atoms with Gasteiger partial charge in [0, 0.05) is 26.5 Å². The number of rotatable bonds is 4. The van der Waals surface area contributed by atoms with Gasteiger partial charge >= 0.3 is 8.80 Å². The van der Waals surface area contributed by atoms with Gasteiger partial charge in [-0.15, -0.1) is 0 Å². The van der Waals surface area contributed by atoms with E-state index in [9.17, 15) is 0 Å². The van der Waals surface area contributed by atoms with Crippen LogP contribution in [0.3, 0.4) is 0 Å². The van der Waals surface area contributed by atoms with Gasteiger partial charge in [0.1, 0.15) is 0 Å². The molecule has 4 heteroatoms. The van der Waals surface area contributed by atoms with Crippen LogP contribution in [0.25, 0.3) is 0 Å². The van der Waals surface area contributed by atoms with Gasteiger partial charge in [0.05, 0.1) is 0 Å². The summed E-state index contributed by atoms with van der Waals surface area (Å²) < 4.78 is 15.9. The zero-order valence-corrected chi connectivity index (χ0v) is 8.66. The van der Waals surface area contributed by atoms with Crippen molar-refractivity contribution in [3.05, 3.63) is 23.4 Å². The average molecular weight is 186 g/mol. The van der Waals surface area contributed by atoms with E-state index in [-0.39, 0.29) is 0 Å². The smallest absolute Gasteiger partial charge is 0.374 e. The second-order valence-electron chi connectivity index (χ2n) is 2.49. The third-order valence-corrected chi connectivity index (χ3v) is 4.74. The van der Waals surface area contributed by atoms with E-state index in [4.69, 9.17) is 13.3 Å². The average Bonchev–Trinajstić information content (AvgIpc) is 2.62. The Balaban J connectivity index is 2.77. The standard InChI is InChI=1S/C8H14O3Si/c1-9-12(10-2,11-3)8-6-4-5-7-8/h4-6H,7H2,1-3H3. The molecule has 0 aromatic carbocycles. The first-order valence-corrected chi connectivity index (χ1v) is 5.53. The van der Waals surface area contributed by atoms with Crippen LogP contribution in [0.1, 0.15) is 6.42 Å². The number of hydrogen-bond acceptors (Lipinski definition) is 3. The fourth-order valence-corrected chi connectivity index (χ4v) is 3.27. The molecule has 0 N–H and O–H groups in total. The molecule has 0 aromatic rings. The van der Waals surface area contributed by atoms with Gasteiger partial charge in [-0.2, -0.15) is 0 Å². The Morgan fingerprint density at radius 2 is 1.75 bits per heavy atom. The molecule has 0 fully saturated rings. The normalized spacial score (nSPS) is 16.8. The second kappa shape index (κ2) is 4.00. The molecule has 12 heavy (non-hydrogen) atoms. The molecule has 0 unspecified atom stereocenters. The molecule has 0 atom stereocenters. The van der Waals surface area contributed by atoms with Crippen molar-refractivity contribution in [2.75, 3.05) is 21.3 Å². The van der Waals surface area contributed by atoms with Crippen LogP contribution in [0.15, 0.2) is 23.4 Å². The zero-order valence-electron chi connectivity index (χ0n) is 7.66. The van der Waals surface area contributed by atoms with Gasteiger partial charge in [-0.3, -0.25) is 0 Å². The maximum Gasteiger partial charge on any atom is 0.532 e. The van der Waals surface area contributed by atoms with Crippen molar-refractivity contribution < 1.29 is 13.3 Å². The number of hydrogen-bond donors (Lipinski definition) is 0. The van der Waals surface area contributed by atoms with Gasteiger partial charge in [-0.1, -0.05) is 18.2 Å². The van der Waals surface area contributed by atoms with Gasteiger partial charge in [-0.25, -0.2) is 0 Å². The van der Waals surface area contributed by atoms with Crippen LogP contribution in [0.4, 0.5) is 0 Å². The van der Waals surface area contributed by atoms with Gasteiger partial charge in [0.15, 0.2) is 0 Å². The Morgan fingerprint density at radius 3 is 2.08 bits per heavy atom. The van der Waals surface area contributed by atoms with Crippen LogP contribution in [0.2, 0.25) is 0 Å². The molecule has 0 spiro atoms. The summed E-state index contributed by atoms with van der Waals surface area (Å²) in [6.07, 6.45) is 6.94. The number of allylic oxidation sites excluding steroid dienone is 4. The van der Waals surface area contributed by atoms with E-state index in [1.807, 2.05) is 12.2 Å². The van der Waals surface area contributed by atoms with Crippen molar-refractivity contribution in [3.63, 3.8) is 0 Å². The Hall–Kier alpha value is -0.423. The molecule has 0 aliphatic heterocycles. The summed E-state index contributed by atoms with van der Waals surface area (Å²) in [7, 11) is 2.38. The molecule has 3 nitrogen and oxygen atoms in total. The summed E-state index contributed by atoms with van der Waals surface area (Å²) in [5, 5.41) is 1.12. The largest absolute Gasteiger partial charge is 0.532 e. The van der Waals surface area contributed by atoms with Crippen molar-refractivity contribution in [1.82, 2.24) is 0 Å². The summed E-state index contributed by atoms with van der Waals surface area (Å²) in [6, 6.07) is 0. The topological polar surface area (TPSA) is 27.7 Å². The van der Waals surface area contributed by atoms with E-state index in [1.54, 1.807) is 21.3 Å². The molecule has 0 radical (unpaired) electrons. The maximum absolute atomic E-state index is 5.31. The molecule has 0 saturated heterocycles. The highest BCUT2D eigenvalue weighted by Gasteiger charge is 2.42. The quantitative estimate of drug-likeness (QED) is 0.619. The Labute approximate surface area is 74.0 Å². The maximum atomic E-state index is 5.31. The van der Waals surface area contributed by atoms with E-state index in [2.05, 4.69) is 6.08 Å². The van der Waals surface area contributed by atoms with Crippen molar-refractivity contribution in [3.8, 4) is 0 Å². The predicted octanol–water partition coefficient (Wildman–Crippen LogP) is 1.29. The molecule has 0 amide bonds. The summed E-state index contributed by atoms with van der Waals surface area (Å²) in [5.41, 5.74) is 0. The first kappa shape index (κ1) is 9.66. The lowest BCUT2D eigenvalue weighted by Crippen LogP contribution is -2.45. The fourth-order valence-electron chi connectivity index (χ4n) is 1.32. The van der Waals surface area contributed by atoms with E-state index >= 15 is 0 Å². The lowest BCUT2D eigenvalue weighted by molar-refractivity contribution is 0.134. The van der Waals surface area contributed by atoms with E-state index in [0.717, 1.165) is 11.6 Å². The molecule has 0 aromatic heterocycles. The molecule has 1 aliphatic carbocycles. The lowest BCUT2D eigenvalue weighted by Gasteiger charge is -2.25. The highest BCUT2D eigenvalue weighted by atomic mass is 28.4. The van der Waals surface area contributed by atoms with Crippen molar-refractivity contribution in [1.29, 1.82) is 0 Å². The SMILES string of the molecule is CO[Si](OC)(OC)C1=CC=CC1. The molecule has 1 aliphatic rings. The highest BCUT2D eigenvalue weighted by Crippen LogP contribution is 2.24. The third-order valence-electron chi connectivity index (χ3n) is 1.97. The zero-order chi connectivity index (χ0) is 9.03. The first-order chi connectivity index (χ1) is 5.79. The van der Waals surface area contributed by atoms with Gasteiger partial charge in [-0.05, 0) is 6.42 Å². The Kier molecular flexibility index (Phi) is 3.22. The van der Waals surface area contributed by atoms with Crippen molar-refractivity contribution in [2.45, 2.75) is 6.42 Å². The summed E-state index contributed by atoms with van der Waals surface area (Å²) >= 11 is 0. The van der Waals surface area contributed by atoms with E-state index < -0.39 is 8.80 Å². The summed E-state index contributed by atoms with van der Waals surface area (Å²) in [5.74, 6) is 0. The van der Waals surface area contributed by atoms with Crippen LogP contribution in [-0.2, 0) is 13.3 Å². The van der Waals surface area contributed by atoms with Crippen LogP contribution < -0.4 is 0 Å². The van der Waals surface area contributed by atoms with Crippen molar-refractivity contribution in [2.24, 2.45) is 0 Å². The second-order valence-corrected chi connectivity index (χ2v) is 5.47. The van der Waals surface area contributed by atoms with Gasteiger partial charge < -0.3 is 13.3 Å². The molecule has 0 heterocycles. The van der Waals surface area contributed by atoms with Crippen molar-refractivity contribution >= 4 is 8.80 Å². The van der Waals surface area contributed by atoms with E-state index in [1.165, 1.54) is 0 Å². The van der Waals surface area contributed by atoms with Crippen LogP contribution in [0.5, 0.6) is 0 Å². The molecular weight excluding hydrogens is 172 g/mol. The van der Waals surface area contributed by atoms with Gasteiger partial charge in [0.2, 0.25) is 0 Å². The first-order valence-electron chi connectivity index (χ1n) is 3.80. The Bertz CT molecular complexity index is 198. The molecule has 1 rings (SSSR count). The molecule has 68 valence electrons. The third kappa shape index (κ3) is 1.51. The minimum absolute atomic E-state index is 0.877. The lowest BCUT2D eigenvalue weighted by atomic mass is 10.5.